The summed E-state index contributed by atoms with van der Waals surface area (Å²) in [5.41, 5.74) is -0.355. The Morgan fingerprint density at radius 3 is 2.06 bits per heavy atom. The second-order valence-corrected chi connectivity index (χ2v) is 12.9. The molecule has 0 rings (SSSR count). The maximum atomic E-state index is 10.0. The Morgan fingerprint density at radius 1 is 1.17 bits per heavy atom. The fourth-order valence-electron chi connectivity index (χ4n) is 1.01. The van der Waals surface area contributed by atoms with Crippen molar-refractivity contribution < 1.29 is 14.6 Å². The summed E-state index contributed by atoms with van der Waals surface area (Å²) in [5, 5.41) is 19.4. The SMILES string of the molecule is CC(C)(CO[Si](C)(C)C(C)(C)C)C(O)=[SH]CCO. The van der Waals surface area contributed by atoms with Gasteiger partial charge in [0.1, 0.15) is 0 Å². The monoisotopic (exact) mass is 294 g/mol. The Balaban J connectivity index is 4.62. The molecule has 0 bridgehead atoms. The predicted octanol–water partition coefficient (Wildman–Crippen LogP) is 3.18. The number of aliphatic hydroxyl groups excluding tert-OH is 2. The van der Waals surface area contributed by atoms with Gasteiger partial charge < -0.3 is 14.6 Å². The maximum Gasteiger partial charge on any atom is 0.192 e. The Labute approximate surface area is 117 Å². The van der Waals surface area contributed by atoms with Crippen molar-refractivity contribution in [1.29, 1.82) is 0 Å². The van der Waals surface area contributed by atoms with Crippen molar-refractivity contribution in [2.75, 3.05) is 19.0 Å². The Hall–Kier alpha value is 0.317. The molecule has 0 amide bonds. The lowest BCUT2D eigenvalue weighted by atomic mass is 9.97. The average molecular weight is 295 g/mol. The van der Waals surface area contributed by atoms with Crippen LogP contribution in [0.4, 0.5) is 0 Å². The average Bonchev–Trinajstić information content (AvgIpc) is 2.21. The highest BCUT2D eigenvalue weighted by atomic mass is 32.1. The minimum atomic E-state index is -1.77. The normalized spacial score (nSPS) is 15.5. The molecule has 0 fully saturated rings. The summed E-state index contributed by atoms with van der Waals surface area (Å²) in [5.74, 6) is 0.579. The fourth-order valence-corrected chi connectivity index (χ4v) is 2.97. The van der Waals surface area contributed by atoms with Crippen LogP contribution in [0.3, 0.4) is 0 Å². The molecule has 0 saturated heterocycles. The van der Waals surface area contributed by atoms with Crippen molar-refractivity contribution in [2.45, 2.75) is 52.8 Å². The largest absolute Gasteiger partial charge is 0.416 e. The molecule has 0 saturated carbocycles. The predicted molar refractivity (Wildman–Crippen MR) is 85.5 cm³/mol. The Kier molecular flexibility index (Phi) is 6.77. The second kappa shape index (κ2) is 6.66. The van der Waals surface area contributed by atoms with Gasteiger partial charge in [0.05, 0.1) is 11.7 Å². The molecule has 0 aromatic heterocycles. The van der Waals surface area contributed by atoms with Gasteiger partial charge in [0.25, 0.3) is 0 Å². The third-order valence-electron chi connectivity index (χ3n) is 3.57. The molecule has 3 nitrogen and oxygen atoms in total. The van der Waals surface area contributed by atoms with Crippen LogP contribution in [0.15, 0.2) is 0 Å². The van der Waals surface area contributed by atoms with Crippen LogP contribution in [0.5, 0.6) is 0 Å². The molecule has 0 heterocycles. The summed E-state index contributed by atoms with van der Waals surface area (Å²) in [7, 11) is -1.77. The van der Waals surface area contributed by atoms with Crippen LogP contribution >= 0.6 is 11.4 Å². The van der Waals surface area contributed by atoms with E-state index >= 15 is 0 Å². The van der Waals surface area contributed by atoms with E-state index in [1.165, 1.54) is 0 Å². The van der Waals surface area contributed by atoms with Crippen LogP contribution in [0.1, 0.15) is 34.6 Å². The third kappa shape index (κ3) is 5.53. The molecule has 0 unspecified atom stereocenters. The van der Waals surface area contributed by atoms with Gasteiger partial charge in [-0.25, -0.2) is 0 Å². The lowest BCUT2D eigenvalue weighted by molar-refractivity contribution is 0.202. The van der Waals surface area contributed by atoms with Gasteiger partial charge in [-0.15, -0.1) is 0 Å². The van der Waals surface area contributed by atoms with Crippen LogP contribution < -0.4 is 0 Å². The number of rotatable bonds is 6. The van der Waals surface area contributed by atoms with E-state index in [2.05, 4.69) is 33.9 Å². The fraction of sp³-hybridized carbons (Fsp3) is 0.923. The molecule has 0 aromatic rings. The number of aliphatic hydroxyl groups is 2. The van der Waals surface area contributed by atoms with E-state index in [-0.39, 0.29) is 17.1 Å². The lowest BCUT2D eigenvalue weighted by Crippen LogP contribution is -2.44. The first kappa shape index (κ1) is 18.3. The number of thiol groups is 1. The van der Waals surface area contributed by atoms with Gasteiger partial charge in [-0.1, -0.05) is 34.6 Å². The van der Waals surface area contributed by atoms with Crippen molar-refractivity contribution in [2.24, 2.45) is 5.41 Å². The van der Waals surface area contributed by atoms with E-state index in [1.807, 2.05) is 13.8 Å². The molecule has 5 heteroatoms. The lowest BCUT2D eigenvalue weighted by Gasteiger charge is -2.39. The smallest absolute Gasteiger partial charge is 0.192 e. The number of hydrogen-bond donors (Lipinski definition) is 3. The van der Waals surface area contributed by atoms with Gasteiger partial charge in [0.15, 0.2) is 8.32 Å². The number of hydrogen-bond acceptors (Lipinski definition) is 2. The van der Waals surface area contributed by atoms with Crippen LogP contribution in [-0.2, 0) is 4.43 Å². The molecular weight excluding hydrogens is 264 g/mol. The zero-order valence-corrected chi connectivity index (χ0v) is 14.8. The third-order valence-corrected chi connectivity index (χ3v) is 9.37. The summed E-state index contributed by atoms with van der Waals surface area (Å²) in [4.78, 5) is 0. The highest BCUT2D eigenvalue weighted by molar-refractivity contribution is 7.98. The van der Waals surface area contributed by atoms with Crippen molar-refractivity contribution in [3.05, 3.63) is 0 Å². The first-order valence-corrected chi connectivity index (χ1v) is 10.4. The summed E-state index contributed by atoms with van der Waals surface area (Å²) >= 11 is 0.797. The van der Waals surface area contributed by atoms with Crippen LogP contribution in [-0.4, -0.2) is 42.5 Å². The van der Waals surface area contributed by atoms with Crippen LogP contribution in [0, 0.1) is 5.41 Å². The summed E-state index contributed by atoms with van der Waals surface area (Å²) in [6.07, 6.45) is 0. The highest BCUT2D eigenvalue weighted by Gasteiger charge is 2.39. The van der Waals surface area contributed by atoms with Gasteiger partial charge in [0.2, 0.25) is 0 Å². The Bertz CT molecular complexity index is 293. The van der Waals surface area contributed by atoms with Gasteiger partial charge in [-0.2, -0.15) is 11.4 Å². The maximum absolute atomic E-state index is 10.0. The molecular formula is C13H30O3SSi. The topological polar surface area (TPSA) is 49.7 Å². The van der Waals surface area contributed by atoms with Crippen LogP contribution in [0.25, 0.3) is 0 Å². The zero-order valence-electron chi connectivity index (χ0n) is 12.9. The zero-order chi connectivity index (χ0) is 14.6. The first-order valence-electron chi connectivity index (χ1n) is 6.43. The second-order valence-electron chi connectivity index (χ2n) is 6.86. The van der Waals surface area contributed by atoms with Crippen molar-refractivity contribution in [3.8, 4) is 0 Å². The van der Waals surface area contributed by atoms with Crippen molar-refractivity contribution in [1.82, 2.24) is 0 Å². The van der Waals surface area contributed by atoms with Crippen molar-refractivity contribution >= 4 is 24.7 Å². The van der Waals surface area contributed by atoms with E-state index in [9.17, 15) is 5.11 Å². The van der Waals surface area contributed by atoms with E-state index in [0.29, 0.717) is 17.4 Å². The molecule has 0 atom stereocenters. The summed E-state index contributed by atoms with van der Waals surface area (Å²) in [6, 6.07) is 0. The first-order chi connectivity index (χ1) is 7.94. The van der Waals surface area contributed by atoms with E-state index < -0.39 is 8.32 Å². The molecule has 0 radical (unpaired) electrons. The van der Waals surface area contributed by atoms with E-state index in [0.717, 1.165) is 11.4 Å². The molecule has 0 aliphatic rings. The minimum absolute atomic E-state index is 0.102. The highest BCUT2D eigenvalue weighted by Crippen LogP contribution is 2.37. The molecule has 2 N–H and O–H groups in total. The quantitative estimate of drug-likeness (QED) is 0.401. The van der Waals surface area contributed by atoms with Gasteiger partial charge >= 0.3 is 0 Å². The Morgan fingerprint density at radius 2 is 1.67 bits per heavy atom. The molecule has 0 aliphatic heterocycles. The van der Waals surface area contributed by atoms with Crippen LogP contribution in [0.2, 0.25) is 18.1 Å². The van der Waals surface area contributed by atoms with Crippen molar-refractivity contribution in [3.63, 3.8) is 0 Å². The van der Waals surface area contributed by atoms with Gasteiger partial charge in [-0.05, 0) is 18.1 Å². The minimum Gasteiger partial charge on any atom is -0.416 e. The van der Waals surface area contributed by atoms with Gasteiger partial charge in [-0.3, -0.25) is 0 Å². The van der Waals surface area contributed by atoms with E-state index in [4.69, 9.17) is 9.53 Å². The molecule has 0 spiro atoms. The molecule has 0 aliphatic carbocycles. The summed E-state index contributed by atoms with van der Waals surface area (Å²) in [6.45, 7) is 15.7. The van der Waals surface area contributed by atoms with E-state index in [1.54, 1.807) is 0 Å². The standard InChI is InChI=1S/C13H30O3SSi/c1-12(2,3)18(6,7)16-10-13(4,5)11(15)17-9-8-14/h14-15,17H,8-10H2,1-7H3. The molecule has 110 valence electrons. The molecule has 0 aromatic carbocycles. The summed E-state index contributed by atoms with van der Waals surface area (Å²) < 4.78 is 6.15. The molecule has 18 heavy (non-hydrogen) atoms. The van der Waals surface area contributed by atoms with Gasteiger partial charge in [0, 0.05) is 17.8 Å².